The maximum atomic E-state index is 12.0. The number of carbonyl (C=O) groups is 1. The molecular weight excluding hydrogens is 473 g/mol. The number of aryl methyl sites for hydroxylation is 1. The molecular formula is C19H28IN5OS. The second kappa shape index (κ2) is 11.9. The van der Waals surface area contributed by atoms with Crippen LogP contribution in [0.3, 0.4) is 0 Å². The lowest BCUT2D eigenvalue weighted by Gasteiger charge is -2.13. The first kappa shape index (κ1) is 23.4. The minimum atomic E-state index is 0. The summed E-state index contributed by atoms with van der Waals surface area (Å²) in [6.45, 7) is 3.53. The molecule has 0 radical (unpaired) electrons. The number of thiazole rings is 1. The quantitative estimate of drug-likeness (QED) is 0.348. The van der Waals surface area contributed by atoms with E-state index in [1.807, 2.05) is 30.5 Å². The molecule has 2 aromatic rings. The molecule has 1 heterocycles. The summed E-state index contributed by atoms with van der Waals surface area (Å²) in [4.78, 5) is 23.6. The van der Waals surface area contributed by atoms with Gasteiger partial charge in [0.2, 0.25) is 0 Å². The van der Waals surface area contributed by atoms with Crippen LogP contribution >= 0.6 is 35.3 Å². The molecule has 0 aliphatic heterocycles. The van der Waals surface area contributed by atoms with Crippen molar-refractivity contribution in [2.75, 3.05) is 27.7 Å². The van der Waals surface area contributed by atoms with Crippen LogP contribution < -0.4 is 10.6 Å². The van der Waals surface area contributed by atoms with Crippen molar-refractivity contribution in [3.63, 3.8) is 0 Å². The van der Waals surface area contributed by atoms with Crippen molar-refractivity contribution in [3.8, 4) is 0 Å². The molecule has 0 spiro atoms. The Morgan fingerprint density at radius 1 is 1.30 bits per heavy atom. The largest absolute Gasteiger partial charge is 0.356 e. The molecule has 0 atom stereocenters. The molecule has 0 bridgehead atoms. The number of benzene rings is 1. The summed E-state index contributed by atoms with van der Waals surface area (Å²) in [5.74, 6) is 0.769. The molecule has 6 nitrogen and oxygen atoms in total. The van der Waals surface area contributed by atoms with Gasteiger partial charge in [-0.25, -0.2) is 4.98 Å². The van der Waals surface area contributed by atoms with Crippen LogP contribution in [0.4, 0.5) is 0 Å². The molecule has 0 saturated carbocycles. The van der Waals surface area contributed by atoms with Gasteiger partial charge >= 0.3 is 0 Å². The number of rotatable bonds is 7. The highest BCUT2D eigenvalue weighted by molar-refractivity contribution is 14.0. The van der Waals surface area contributed by atoms with Crippen molar-refractivity contribution >= 4 is 47.2 Å². The zero-order valence-corrected chi connectivity index (χ0v) is 19.4. The lowest BCUT2D eigenvalue weighted by Crippen LogP contribution is -2.37. The van der Waals surface area contributed by atoms with Gasteiger partial charge in [-0.2, -0.15) is 0 Å². The predicted octanol–water partition coefficient (Wildman–Crippen LogP) is 2.93. The number of hydrogen-bond acceptors (Lipinski definition) is 4. The van der Waals surface area contributed by atoms with E-state index in [2.05, 4.69) is 27.5 Å². The summed E-state index contributed by atoms with van der Waals surface area (Å²) in [6, 6.07) is 7.75. The van der Waals surface area contributed by atoms with Crippen molar-refractivity contribution in [1.29, 1.82) is 0 Å². The maximum Gasteiger partial charge on any atom is 0.253 e. The van der Waals surface area contributed by atoms with Crippen LogP contribution in [0, 0.1) is 0 Å². The van der Waals surface area contributed by atoms with E-state index in [0.29, 0.717) is 12.1 Å². The van der Waals surface area contributed by atoms with E-state index in [9.17, 15) is 4.79 Å². The van der Waals surface area contributed by atoms with Crippen molar-refractivity contribution in [2.24, 2.45) is 4.99 Å². The topological polar surface area (TPSA) is 69.6 Å². The number of aliphatic imine (C=N–C) groups is 1. The number of amides is 1. The highest BCUT2D eigenvalue weighted by Gasteiger charge is 2.08. The Kier molecular flexibility index (Phi) is 10.3. The number of carbonyl (C=O) groups excluding carboxylic acids is 1. The van der Waals surface area contributed by atoms with Crippen LogP contribution in [-0.2, 0) is 19.4 Å². The van der Waals surface area contributed by atoms with Crippen molar-refractivity contribution < 1.29 is 4.79 Å². The van der Waals surface area contributed by atoms with Gasteiger partial charge in [0.1, 0.15) is 5.01 Å². The summed E-state index contributed by atoms with van der Waals surface area (Å²) in [5, 5.41) is 7.64. The summed E-state index contributed by atoms with van der Waals surface area (Å²) in [6.07, 6.45) is 3.76. The number of nitrogens with zero attached hydrogens (tertiary/aromatic N) is 3. The first-order valence-electron chi connectivity index (χ1n) is 8.72. The SMILES string of the molecule is CCc1cnc(CNC(=NC)NCCc2cccc(C(=O)N(C)C)c2)s1.I. The zero-order valence-electron chi connectivity index (χ0n) is 16.3. The first-order valence-corrected chi connectivity index (χ1v) is 9.53. The Balaban J connectivity index is 0.00000364. The fourth-order valence-electron chi connectivity index (χ4n) is 2.42. The smallest absolute Gasteiger partial charge is 0.253 e. The minimum Gasteiger partial charge on any atom is -0.356 e. The highest BCUT2D eigenvalue weighted by atomic mass is 127. The van der Waals surface area contributed by atoms with Crippen molar-refractivity contribution in [3.05, 3.63) is 51.5 Å². The van der Waals surface area contributed by atoms with Gasteiger partial charge in [0.25, 0.3) is 5.91 Å². The third-order valence-corrected chi connectivity index (χ3v) is 5.01. The van der Waals surface area contributed by atoms with Gasteiger partial charge in [-0.05, 0) is 30.5 Å². The summed E-state index contributed by atoms with van der Waals surface area (Å²) >= 11 is 1.72. The van der Waals surface area contributed by atoms with E-state index in [-0.39, 0.29) is 29.9 Å². The van der Waals surface area contributed by atoms with Gasteiger partial charge in [-0.3, -0.25) is 9.79 Å². The molecule has 27 heavy (non-hydrogen) atoms. The van der Waals surface area contributed by atoms with Crippen molar-refractivity contribution in [2.45, 2.75) is 26.3 Å². The van der Waals surface area contributed by atoms with Crippen LogP contribution in [0.2, 0.25) is 0 Å². The van der Waals surface area contributed by atoms with Gasteiger partial charge < -0.3 is 15.5 Å². The van der Waals surface area contributed by atoms with Crippen molar-refractivity contribution in [1.82, 2.24) is 20.5 Å². The van der Waals surface area contributed by atoms with Crippen LogP contribution in [0.5, 0.6) is 0 Å². The third-order valence-electron chi connectivity index (χ3n) is 3.87. The summed E-state index contributed by atoms with van der Waals surface area (Å²) < 4.78 is 0. The third kappa shape index (κ3) is 7.45. The Morgan fingerprint density at radius 3 is 2.70 bits per heavy atom. The normalized spacial score (nSPS) is 10.9. The molecule has 148 valence electrons. The minimum absolute atomic E-state index is 0. The molecule has 0 fully saturated rings. The van der Waals surface area contributed by atoms with Crippen LogP contribution in [0.25, 0.3) is 0 Å². The lowest BCUT2D eigenvalue weighted by molar-refractivity contribution is 0.0827. The molecule has 1 aromatic heterocycles. The van der Waals surface area contributed by atoms with Gasteiger partial charge in [0.15, 0.2) is 5.96 Å². The molecule has 1 aromatic carbocycles. The lowest BCUT2D eigenvalue weighted by atomic mass is 10.1. The van der Waals surface area contributed by atoms with E-state index in [1.54, 1.807) is 37.4 Å². The number of guanidine groups is 1. The highest BCUT2D eigenvalue weighted by Crippen LogP contribution is 2.12. The van der Waals surface area contributed by atoms with Gasteiger partial charge in [0, 0.05) is 44.3 Å². The van der Waals surface area contributed by atoms with Gasteiger partial charge in [-0.1, -0.05) is 19.1 Å². The van der Waals surface area contributed by atoms with E-state index < -0.39 is 0 Å². The molecule has 0 saturated heterocycles. The van der Waals surface area contributed by atoms with Crippen LogP contribution in [-0.4, -0.2) is 49.4 Å². The summed E-state index contributed by atoms with van der Waals surface area (Å²) in [5.41, 5.74) is 1.83. The number of aromatic nitrogens is 1. The first-order chi connectivity index (χ1) is 12.5. The molecule has 2 N–H and O–H groups in total. The average Bonchev–Trinajstić information content (AvgIpc) is 3.12. The van der Waals surface area contributed by atoms with Crippen LogP contribution in [0.15, 0.2) is 35.5 Å². The Hall–Kier alpha value is -1.68. The Bertz CT molecular complexity index is 760. The van der Waals surface area contributed by atoms with Crippen LogP contribution in [0.1, 0.15) is 32.7 Å². The molecule has 0 aliphatic carbocycles. The molecule has 8 heteroatoms. The number of hydrogen-bond donors (Lipinski definition) is 2. The second-order valence-corrected chi connectivity index (χ2v) is 7.28. The molecule has 0 unspecified atom stereocenters. The van der Waals surface area contributed by atoms with Gasteiger partial charge in [0.05, 0.1) is 6.54 Å². The fraction of sp³-hybridized carbons (Fsp3) is 0.421. The van der Waals surface area contributed by atoms with E-state index >= 15 is 0 Å². The fourth-order valence-corrected chi connectivity index (χ4v) is 3.22. The average molecular weight is 501 g/mol. The molecule has 1 amide bonds. The predicted molar refractivity (Wildman–Crippen MR) is 123 cm³/mol. The monoisotopic (exact) mass is 501 g/mol. The van der Waals surface area contributed by atoms with E-state index in [0.717, 1.165) is 35.9 Å². The van der Waals surface area contributed by atoms with Gasteiger partial charge in [-0.15, -0.1) is 35.3 Å². The summed E-state index contributed by atoms with van der Waals surface area (Å²) in [7, 11) is 5.28. The second-order valence-electron chi connectivity index (χ2n) is 6.08. The Labute approximate surface area is 182 Å². The molecule has 0 aliphatic rings. The maximum absolute atomic E-state index is 12.0. The van der Waals surface area contributed by atoms with E-state index in [4.69, 9.17) is 0 Å². The van der Waals surface area contributed by atoms with E-state index in [1.165, 1.54) is 4.88 Å². The number of nitrogens with one attached hydrogen (secondary N) is 2. The number of halogens is 1. The standard InChI is InChI=1S/C19H27N5OS.HI/c1-5-16-12-22-17(26-16)13-23-19(20-2)21-10-9-14-7-6-8-15(11-14)18(25)24(3)4;/h6-8,11-12H,5,9-10,13H2,1-4H3,(H2,20,21,23);1H. The zero-order chi connectivity index (χ0) is 18.9. The Morgan fingerprint density at radius 2 is 2.07 bits per heavy atom. The molecule has 2 rings (SSSR count).